The van der Waals surface area contributed by atoms with Crippen molar-refractivity contribution in [3.63, 3.8) is 0 Å². The Kier molecular flexibility index (Phi) is 13.7. The van der Waals surface area contributed by atoms with E-state index in [2.05, 4.69) is 34.6 Å². The molecule has 0 rings (SSSR count). The van der Waals surface area contributed by atoms with Crippen LogP contribution in [0.2, 0.25) is 0 Å². The van der Waals surface area contributed by atoms with Crippen LogP contribution in [-0.2, 0) is 0 Å². The fourth-order valence-electron chi connectivity index (χ4n) is 0. The van der Waals surface area contributed by atoms with Crippen LogP contribution in [0.15, 0.2) is 0 Å². The van der Waals surface area contributed by atoms with E-state index in [-0.39, 0.29) is 1.43 Å². The van der Waals surface area contributed by atoms with Crippen molar-refractivity contribution < 1.29 is 1.43 Å². The normalized spacial score (nSPS) is 8.25. The lowest BCUT2D eigenvalue weighted by Crippen LogP contribution is -1.77. The van der Waals surface area contributed by atoms with Gasteiger partial charge in [-0.25, -0.2) is 0 Å². The summed E-state index contributed by atoms with van der Waals surface area (Å²) in [5.74, 6) is 0.884. The van der Waals surface area contributed by atoms with Crippen LogP contribution in [-0.4, -0.2) is 0 Å². The molecule has 0 aromatic rings. The van der Waals surface area contributed by atoms with E-state index in [0.717, 1.165) is 5.92 Å². The monoisotopic (exact) mass is 120 g/mol. The quantitative estimate of drug-likeness (QED) is 0.495. The van der Waals surface area contributed by atoms with Crippen molar-refractivity contribution in [3.05, 3.63) is 0 Å². The lowest BCUT2D eigenvalue weighted by Gasteiger charge is -1.90. The van der Waals surface area contributed by atoms with E-state index in [1.54, 1.807) is 0 Å². The van der Waals surface area contributed by atoms with Gasteiger partial charge >= 0.3 is 0 Å². The van der Waals surface area contributed by atoms with E-state index in [1.807, 2.05) is 0 Å². The Morgan fingerprint density at radius 3 is 1.25 bits per heavy atom. The first-order valence-electron chi connectivity index (χ1n) is 3.68. The van der Waals surface area contributed by atoms with Crippen molar-refractivity contribution in [2.45, 2.75) is 47.5 Å². The molecule has 0 aliphatic rings. The molecule has 54 valence electrons. The summed E-state index contributed by atoms with van der Waals surface area (Å²) >= 11 is 0. The highest BCUT2D eigenvalue weighted by Gasteiger charge is 1.80. The van der Waals surface area contributed by atoms with Crippen LogP contribution >= 0.6 is 0 Å². The second-order valence-corrected chi connectivity index (χ2v) is 2.51. The minimum atomic E-state index is 0. The zero-order valence-electron chi connectivity index (χ0n) is 6.99. The van der Waals surface area contributed by atoms with Crippen molar-refractivity contribution >= 4 is 0 Å². The molecule has 0 atom stereocenters. The zero-order valence-corrected chi connectivity index (χ0v) is 6.99. The summed E-state index contributed by atoms with van der Waals surface area (Å²) < 4.78 is 0. The summed E-state index contributed by atoms with van der Waals surface area (Å²) in [6, 6.07) is 0. The molecule has 0 aliphatic carbocycles. The maximum atomic E-state index is 2.22. The van der Waals surface area contributed by atoms with Gasteiger partial charge in [0.1, 0.15) is 0 Å². The maximum Gasteiger partial charge on any atom is 0 e. The average Bonchev–Trinajstić information content (AvgIpc) is 1.69. The predicted molar refractivity (Wildman–Crippen MR) is 43.2 cm³/mol. The zero-order chi connectivity index (χ0) is 6.99. The Morgan fingerprint density at radius 2 is 1.25 bits per heavy atom. The van der Waals surface area contributed by atoms with Gasteiger partial charge in [0.15, 0.2) is 0 Å². The first-order chi connectivity index (χ1) is 3.68. The van der Waals surface area contributed by atoms with Gasteiger partial charge in [0.25, 0.3) is 0 Å². The maximum absolute atomic E-state index is 2.22. The third-order valence-corrected chi connectivity index (χ3v) is 0.816. The molecule has 0 unspecified atom stereocenters. The van der Waals surface area contributed by atoms with Crippen molar-refractivity contribution in [1.29, 1.82) is 0 Å². The molecule has 0 aliphatic heterocycles. The molecule has 0 nitrogen and oxygen atoms in total. The van der Waals surface area contributed by atoms with Crippen LogP contribution in [0, 0.1) is 5.92 Å². The van der Waals surface area contributed by atoms with Gasteiger partial charge in [0.2, 0.25) is 0 Å². The second kappa shape index (κ2) is 10.1. The molecule has 0 fully saturated rings. The van der Waals surface area contributed by atoms with Gasteiger partial charge in [0.05, 0.1) is 0 Å². The van der Waals surface area contributed by atoms with Gasteiger partial charge in [-0.1, -0.05) is 47.5 Å². The Morgan fingerprint density at radius 1 is 1.12 bits per heavy atom. The van der Waals surface area contributed by atoms with E-state index < -0.39 is 0 Å². The SMILES string of the molecule is CCC.CCC(C)C.[3HH]. The minimum Gasteiger partial charge on any atom is -0.0656 e. The molecule has 0 saturated heterocycles. The molecule has 0 amide bonds. The van der Waals surface area contributed by atoms with Crippen molar-refractivity contribution in [3.8, 4) is 0 Å². The molecule has 0 saturated carbocycles. The second-order valence-electron chi connectivity index (χ2n) is 2.51. The first kappa shape index (κ1) is 10.9. The highest BCUT2D eigenvalue weighted by Crippen LogP contribution is 1.93. The van der Waals surface area contributed by atoms with Gasteiger partial charge in [-0.3, -0.25) is 0 Å². The third kappa shape index (κ3) is 37.5. The number of hydrogen-bond donors (Lipinski definition) is 0. The molecule has 0 aromatic heterocycles. The standard InChI is InChI=1S/C5H12.C3H8.H2/c1-4-5(2)3;1-3-2;/h5H,4H2,1-3H3;3H2,1-2H3;1H/i;;1+2. The van der Waals surface area contributed by atoms with Crippen molar-refractivity contribution in [2.75, 3.05) is 0 Å². The smallest absolute Gasteiger partial charge is 0 e. The lowest BCUT2D eigenvalue weighted by atomic mass is 10.2. The molecule has 0 bridgehead atoms. The van der Waals surface area contributed by atoms with Gasteiger partial charge in [-0.05, 0) is 5.92 Å². The molecule has 0 heteroatoms. The number of rotatable bonds is 1. The fourth-order valence-corrected chi connectivity index (χ4v) is 0. The molecule has 0 spiro atoms. The van der Waals surface area contributed by atoms with Gasteiger partial charge in [-0.2, -0.15) is 0 Å². The molecule has 8 heavy (non-hydrogen) atoms. The van der Waals surface area contributed by atoms with Crippen LogP contribution in [0.4, 0.5) is 0 Å². The Hall–Kier alpha value is 0. The average molecular weight is 120 g/mol. The van der Waals surface area contributed by atoms with Crippen LogP contribution in [0.25, 0.3) is 0 Å². The Balaban J connectivity index is -0.0000000800. The first-order valence-corrected chi connectivity index (χ1v) is 3.68. The highest BCUT2D eigenvalue weighted by molar-refractivity contribution is 4.32. The largest absolute Gasteiger partial charge is 0.0656 e. The Labute approximate surface area is 55.8 Å². The van der Waals surface area contributed by atoms with Gasteiger partial charge in [0, 0.05) is 1.43 Å². The molecule has 0 aromatic carbocycles. The molecule has 0 heterocycles. The van der Waals surface area contributed by atoms with Gasteiger partial charge < -0.3 is 0 Å². The topological polar surface area (TPSA) is 0 Å². The fraction of sp³-hybridized carbons (Fsp3) is 1.00. The van der Waals surface area contributed by atoms with Crippen molar-refractivity contribution in [1.82, 2.24) is 0 Å². The van der Waals surface area contributed by atoms with Gasteiger partial charge in [-0.15, -0.1) is 0 Å². The van der Waals surface area contributed by atoms with Crippen molar-refractivity contribution in [2.24, 2.45) is 5.92 Å². The van der Waals surface area contributed by atoms with Crippen LogP contribution < -0.4 is 0 Å². The van der Waals surface area contributed by atoms with E-state index >= 15 is 0 Å². The van der Waals surface area contributed by atoms with Crippen LogP contribution in [0.5, 0.6) is 0 Å². The lowest BCUT2D eigenvalue weighted by molar-refractivity contribution is 0.626. The summed E-state index contributed by atoms with van der Waals surface area (Å²) in [6.07, 6.45) is 2.56. The number of hydrogen-bond acceptors (Lipinski definition) is 0. The summed E-state index contributed by atoms with van der Waals surface area (Å²) in [4.78, 5) is 0. The van der Waals surface area contributed by atoms with E-state index in [4.69, 9.17) is 0 Å². The van der Waals surface area contributed by atoms with E-state index in [9.17, 15) is 0 Å². The third-order valence-electron chi connectivity index (χ3n) is 0.816. The summed E-state index contributed by atoms with van der Waals surface area (Å²) in [6.45, 7) is 10.9. The summed E-state index contributed by atoms with van der Waals surface area (Å²) in [5, 5.41) is 0. The molecule has 0 radical (unpaired) electrons. The molecular weight excluding hydrogens is 96.1 g/mol. The highest BCUT2D eigenvalue weighted by atomic mass is 13.9. The van der Waals surface area contributed by atoms with Crippen LogP contribution in [0.3, 0.4) is 0 Å². The molecular formula is C8H22. The van der Waals surface area contributed by atoms with E-state index in [1.165, 1.54) is 12.8 Å². The minimum absolute atomic E-state index is 0. The van der Waals surface area contributed by atoms with Crippen LogP contribution in [0.1, 0.15) is 48.9 Å². The molecule has 0 N–H and O–H groups in total. The summed E-state index contributed by atoms with van der Waals surface area (Å²) in [5.41, 5.74) is 0. The predicted octanol–water partition coefficient (Wildman–Crippen LogP) is 3.71. The van der Waals surface area contributed by atoms with E-state index in [0.29, 0.717) is 0 Å². The summed E-state index contributed by atoms with van der Waals surface area (Å²) in [7, 11) is 0. The Bertz CT molecular complexity index is 25.7.